The Labute approximate surface area is 204 Å². The molecule has 0 aliphatic heterocycles. The summed E-state index contributed by atoms with van der Waals surface area (Å²) in [6, 6.07) is 21.5. The maximum Gasteiger partial charge on any atom is 0.335 e. The van der Waals surface area contributed by atoms with Gasteiger partial charge in [-0.05, 0) is 46.7 Å². The molecular weight excluding hydrogens is 454 g/mol. The Morgan fingerprint density at radius 3 is 2.48 bits per heavy atom. The van der Waals surface area contributed by atoms with Crippen molar-refractivity contribution in [1.82, 2.24) is 9.97 Å². The zero-order valence-electron chi connectivity index (χ0n) is 18.5. The van der Waals surface area contributed by atoms with E-state index in [0.29, 0.717) is 25.0 Å². The number of carboxylic acids is 1. The molecule has 0 radical (unpaired) electrons. The molecule has 0 atom stereocenters. The van der Waals surface area contributed by atoms with Gasteiger partial charge >= 0.3 is 5.97 Å². The predicted molar refractivity (Wildman–Crippen MR) is 136 cm³/mol. The molecule has 0 aliphatic carbocycles. The Hall–Kier alpha value is -3.22. The number of carbonyl (C=O) groups is 1. The molecule has 0 bridgehead atoms. The summed E-state index contributed by atoms with van der Waals surface area (Å²) in [5, 5.41) is 11.4. The van der Waals surface area contributed by atoms with Gasteiger partial charge in [0.25, 0.3) is 0 Å². The maximum atomic E-state index is 11.4. The average Bonchev–Trinajstić information content (AvgIpc) is 3.32. The number of benzene rings is 2. The zero-order chi connectivity index (χ0) is 22.5. The van der Waals surface area contributed by atoms with E-state index in [-0.39, 0.29) is 18.0 Å². The molecule has 2 heterocycles. The van der Waals surface area contributed by atoms with Gasteiger partial charge in [-0.2, -0.15) is 0 Å². The van der Waals surface area contributed by atoms with Crippen LogP contribution in [0.2, 0.25) is 0 Å². The van der Waals surface area contributed by atoms with Crippen LogP contribution in [0.3, 0.4) is 0 Å². The molecule has 170 valence electrons. The van der Waals surface area contributed by atoms with Crippen LogP contribution >= 0.6 is 23.7 Å². The van der Waals surface area contributed by atoms with E-state index in [4.69, 9.17) is 4.98 Å². The molecule has 0 saturated heterocycles. The first-order valence-electron chi connectivity index (χ1n) is 10.5. The van der Waals surface area contributed by atoms with Gasteiger partial charge in [0.15, 0.2) is 0 Å². The Morgan fingerprint density at radius 2 is 1.82 bits per heavy atom. The van der Waals surface area contributed by atoms with Gasteiger partial charge in [-0.1, -0.05) is 56.3 Å². The van der Waals surface area contributed by atoms with Crippen LogP contribution in [-0.4, -0.2) is 21.0 Å². The molecule has 2 aromatic heterocycles. The van der Waals surface area contributed by atoms with Crippen molar-refractivity contribution in [3.05, 3.63) is 99.9 Å². The molecular formula is C26H26ClN3O2S. The number of rotatable bonds is 8. The molecule has 0 unspecified atom stereocenters. The minimum absolute atomic E-state index is 0. The third-order valence-electron chi connectivity index (χ3n) is 5.27. The Kier molecular flexibility index (Phi) is 8.20. The summed E-state index contributed by atoms with van der Waals surface area (Å²) in [4.78, 5) is 24.1. The second kappa shape index (κ2) is 11.1. The lowest BCUT2D eigenvalue weighted by Crippen LogP contribution is -2.24. The van der Waals surface area contributed by atoms with E-state index >= 15 is 0 Å². The van der Waals surface area contributed by atoms with Crippen molar-refractivity contribution >= 4 is 35.7 Å². The quantitative estimate of drug-likeness (QED) is 0.306. The number of hydrogen-bond donors (Lipinski definition) is 1. The molecule has 0 saturated carbocycles. The van der Waals surface area contributed by atoms with Crippen molar-refractivity contribution < 1.29 is 9.90 Å². The SMILES string of the molecule is CC(C)c1ccc(-c2ccnc(N(Cc3cccc(C(=O)O)c3)Cc3cccs3)n2)cc1.Cl. The van der Waals surface area contributed by atoms with Crippen molar-refractivity contribution in [2.75, 3.05) is 4.90 Å². The highest BCUT2D eigenvalue weighted by molar-refractivity contribution is 7.09. The Bertz CT molecular complexity index is 1190. The van der Waals surface area contributed by atoms with Crippen LogP contribution in [0.5, 0.6) is 0 Å². The second-order valence-corrected chi connectivity index (χ2v) is 8.99. The van der Waals surface area contributed by atoms with Gasteiger partial charge in [-0.15, -0.1) is 23.7 Å². The molecule has 0 spiro atoms. The number of halogens is 1. The molecule has 4 aromatic rings. The minimum atomic E-state index is -0.931. The highest BCUT2D eigenvalue weighted by atomic mass is 35.5. The van der Waals surface area contributed by atoms with Gasteiger partial charge in [-0.3, -0.25) is 0 Å². The van der Waals surface area contributed by atoms with Crippen LogP contribution in [0.25, 0.3) is 11.3 Å². The number of carboxylic acid groups (broad SMARTS) is 1. The lowest BCUT2D eigenvalue weighted by molar-refractivity contribution is 0.0696. The number of anilines is 1. The fourth-order valence-electron chi connectivity index (χ4n) is 3.51. The molecule has 33 heavy (non-hydrogen) atoms. The van der Waals surface area contributed by atoms with Crippen molar-refractivity contribution in [1.29, 1.82) is 0 Å². The minimum Gasteiger partial charge on any atom is -0.478 e. The summed E-state index contributed by atoms with van der Waals surface area (Å²) in [5.74, 6) is 0.164. The summed E-state index contributed by atoms with van der Waals surface area (Å²) in [7, 11) is 0. The van der Waals surface area contributed by atoms with Gasteiger partial charge in [-0.25, -0.2) is 14.8 Å². The van der Waals surface area contributed by atoms with Crippen molar-refractivity contribution in [2.45, 2.75) is 32.9 Å². The fourth-order valence-corrected chi connectivity index (χ4v) is 4.23. The third kappa shape index (κ3) is 6.18. The summed E-state index contributed by atoms with van der Waals surface area (Å²) >= 11 is 1.68. The van der Waals surface area contributed by atoms with Gasteiger partial charge in [0, 0.05) is 23.2 Å². The Balaban J connectivity index is 0.00000306. The number of thiophene rings is 1. The summed E-state index contributed by atoms with van der Waals surface area (Å²) < 4.78 is 0. The first kappa shape index (κ1) is 24.4. The lowest BCUT2D eigenvalue weighted by atomic mass is 10.0. The van der Waals surface area contributed by atoms with Crippen LogP contribution in [0.1, 0.15) is 46.1 Å². The van der Waals surface area contributed by atoms with E-state index in [1.54, 1.807) is 35.7 Å². The van der Waals surface area contributed by atoms with E-state index in [9.17, 15) is 9.90 Å². The lowest BCUT2D eigenvalue weighted by Gasteiger charge is -2.23. The summed E-state index contributed by atoms with van der Waals surface area (Å²) in [6.45, 7) is 5.51. The standard InChI is InChI=1S/C26H25N3O2S.ClH/c1-18(2)20-8-10-21(11-9-20)24-12-13-27-26(28-24)29(17-23-7-4-14-32-23)16-19-5-3-6-22(15-19)25(30)31;/h3-15,18H,16-17H2,1-2H3,(H,30,31);1H. The molecule has 1 N–H and O–H groups in total. The molecule has 2 aromatic carbocycles. The predicted octanol–water partition coefficient (Wildman–Crippen LogP) is 6.66. The zero-order valence-corrected chi connectivity index (χ0v) is 20.1. The van der Waals surface area contributed by atoms with Crippen molar-refractivity contribution in [2.24, 2.45) is 0 Å². The molecule has 5 nitrogen and oxygen atoms in total. The molecule has 0 aliphatic rings. The van der Waals surface area contributed by atoms with Crippen LogP contribution in [0, 0.1) is 0 Å². The van der Waals surface area contributed by atoms with E-state index in [2.05, 4.69) is 54.1 Å². The van der Waals surface area contributed by atoms with Crippen LogP contribution in [0.15, 0.2) is 78.3 Å². The fraction of sp³-hybridized carbons (Fsp3) is 0.192. The number of aromatic nitrogens is 2. The van der Waals surface area contributed by atoms with Gasteiger partial charge in [0.05, 0.1) is 17.8 Å². The molecule has 0 amide bonds. The maximum absolute atomic E-state index is 11.4. The first-order valence-corrected chi connectivity index (χ1v) is 11.4. The second-order valence-electron chi connectivity index (χ2n) is 7.96. The van der Waals surface area contributed by atoms with Gasteiger partial charge in [0.1, 0.15) is 0 Å². The van der Waals surface area contributed by atoms with E-state index < -0.39 is 5.97 Å². The third-order valence-corrected chi connectivity index (χ3v) is 6.13. The number of nitrogens with zero attached hydrogens (tertiary/aromatic N) is 3. The van der Waals surface area contributed by atoms with Crippen LogP contribution in [0.4, 0.5) is 5.95 Å². The average molecular weight is 480 g/mol. The van der Waals surface area contributed by atoms with Crippen molar-refractivity contribution in [3.63, 3.8) is 0 Å². The highest BCUT2D eigenvalue weighted by Gasteiger charge is 2.15. The monoisotopic (exact) mass is 479 g/mol. The largest absolute Gasteiger partial charge is 0.478 e. The molecule has 4 rings (SSSR count). The van der Waals surface area contributed by atoms with Crippen molar-refractivity contribution in [3.8, 4) is 11.3 Å². The van der Waals surface area contributed by atoms with E-state index in [1.807, 2.05) is 23.6 Å². The summed E-state index contributed by atoms with van der Waals surface area (Å²) in [6.07, 6.45) is 1.78. The Morgan fingerprint density at radius 1 is 1.03 bits per heavy atom. The molecule has 0 fully saturated rings. The van der Waals surface area contributed by atoms with Crippen LogP contribution in [-0.2, 0) is 13.1 Å². The van der Waals surface area contributed by atoms with E-state index in [1.165, 1.54) is 10.4 Å². The topological polar surface area (TPSA) is 66.3 Å². The number of aromatic carboxylic acids is 1. The van der Waals surface area contributed by atoms with E-state index in [0.717, 1.165) is 16.8 Å². The smallest absolute Gasteiger partial charge is 0.335 e. The van der Waals surface area contributed by atoms with Gasteiger partial charge < -0.3 is 10.0 Å². The normalized spacial score (nSPS) is 10.6. The summed E-state index contributed by atoms with van der Waals surface area (Å²) in [5.41, 5.74) is 4.37. The van der Waals surface area contributed by atoms with Gasteiger partial charge in [0.2, 0.25) is 5.95 Å². The van der Waals surface area contributed by atoms with Crippen LogP contribution < -0.4 is 4.90 Å². The molecule has 7 heteroatoms. The highest BCUT2D eigenvalue weighted by Crippen LogP contribution is 2.24. The number of hydrogen-bond acceptors (Lipinski definition) is 5. The first-order chi connectivity index (χ1) is 15.5.